The van der Waals surface area contributed by atoms with Gasteiger partial charge in [-0.05, 0) is 38.0 Å². The second-order valence-corrected chi connectivity index (χ2v) is 7.76. The molecule has 0 saturated carbocycles. The predicted octanol–water partition coefficient (Wildman–Crippen LogP) is 4.33. The van der Waals surface area contributed by atoms with Crippen molar-refractivity contribution in [2.24, 2.45) is 5.92 Å². The van der Waals surface area contributed by atoms with Crippen molar-refractivity contribution in [1.82, 2.24) is 9.88 Å². The van der Waals surface area contributed by atoms with Gasteiger partial charge < -0.3 is 4.90 Å². The quantitative estimate of drug-likeness (QED) is 0.777. The Kier molecular flexibility index (Phi) is 4.97. The Balaban J connectivity index is 1.65. The first-order valence-corrected chi connectivity index (χ1v) is 9.42. The smallest absolute Gasteiger partial charge is 0.226 e. The van der Waals surface area contributed by atoms with E-state index in [1.807, 2.05) is 0 Å². The first kappa shape index (κ1) is 15.7. The van der Waals surface area contributed by atoms with Crippen LogP contribution in [0.3, 0.4) is 0 Å². The van der Waals surface area contributed by atoms with Crippen molar-refractivity contribution in [2.75, 3.05) is 13.1 Å². The lowest BCUT2D eigenvalue weighted by molar-refractivity contribution is -0.137. The van der Waals surface area contributed by atoms with Gasteiger partial charge in [0.1, 0.15) is 0 Å². The van der Waals surface area contributed by atoms with Gasteiger partial charge in [-0.25, -0.2) is 4.98 Å². The summed E-state index contributed by atoms with van der Waals surface area (Å²) in [6, 6.07) is 0. The van der Waals surface area contributed by atoms with Gasteiger partial charge >= 0.3 is 0 Å². The normalized spacial score (nSPS) is 25.7. The van der Waals surface area contributed by atoms with Crippen LogP contribution in [0.15, 0.2) is 17.5 Å². The molecular weight excluding hydrogens is 292 g/mol. The molecule has 0 spiro atoms. The van der Waals surface area contributed by atoms with Crippen LogP contribution in [0.1, 0.15) is 68.5 Å². The fourth-order valence-corrected chi connectivity index (χ4v) is 4.52. The van der Waals surface area contributed by atoms with Gasteiger partial charge in [0.2, 0.25) is 5.91 Å². The Hall–Kier alpha value is -1.16. The van der Waals surface area contributed by atoms with Gasteiger partial charge in [-0.2, -0.15) is 0 Å². The Morgan fingerprint density at radius 1 is 1.36 bits per heavy atom. The zero-order valence-electron chi connectivity index (χ0n) is 13.6. The van der Waals surface area contributed by atoms with Crippen molar-refractivity contribution in [3.05, 3.63) is 28.2 Å². The van der Waals surface area contributed by atoms with E-state index < -0.39 is 0 Å². The van der Waals surface area contributed by atoms with E-state index >= 15 is 0 Å². The monoisotopic (exact) mass is 318 g/mol. The lowest BCUT2D eigenvalue weighted by Gasteiger charge is -2.34. The molecule has 1 saturated heterocycles. The number of thiazole rings is 1. The maximum atomic E-state index is 12.7. The fraction of sp³-hybridized carbons (Fsp3) is 0.667. The average molecular weight is 318 g/mol. The molecule has 1 amide bonds. The standard InChI is InChI=1S/C18H26N2OS/c1-13(2)16-12-22-17(19-16)15-9-6-10-20(11-15)18(21)14-7-4-3-5-8-14/h3-4,12-15H,5-11H2,1-2H3. The molecule has 22 heavy (non-hydrogen) atoms. The molecule has 3 nitrogen and oxygen atoms in total. The molecular formula is C18H26N2OS. The minimum absolute atomic E-state index is 0.214. The van der Waals surface area contributed by atoms with E-state index in [4.69, 9.17) is 4.98 Å². The van der Waals surface area contributed by atoms with Crippen molar-refractivity contribution < 1.29 is 4.79 Å². The van der Waals surface area contributed by atoms with Crippen molar-refractivity contribution in [3.8, 4) is 0 Å². The Bertz CT molecular complexity index is 549. The summed E-state index contributed by atoms with van der Waals surface area (Å²) in [5.74, 6) is 1.51. The summed E-state index contributed by atoms with van der Waals surface area (Å²) in [7, 11) is 0. The average Bonchev–Trinajstić information content (AvgIpc) is 3.05. The molecule has 0 N–H and O–H groups in total. The van der Waals surface area contributed by atoms with Gasteiger partial charge in [0.25, 0.3) is 0 Å². The summed E-state index contributed by atoms with van der Waals surface area (Å²) < 4.78 is 0. The number of rotatable bonds is 3. The Labute approximate surface area is 137 Å². The third kappa shape index (κ3) is 3.43. The zero-order valence-corrected chi connectivity index (χ0v) is 14.4. The maximum Gasteiger partial charge on any atom is 0.226 e. The number of carbonyl (C=O) groups excluding carboxylic acids is 1. The van der Waals surface area contributed by atoms with Gasteiger partial charge in [-0.3, -0.25) is 4.79 Å². The van der Waals surface area contributed by atoms with Crippen LogP contribution in [0.25, 0.3) is 0 Å². The molecule has 1 aliphatic heterocycles. The number of hydrogen-bond donors (Lipinski definition) is 0. The van der Waals surface area contributed by atoms with Crippen molar-refractivity contribution >= 4 is 17.2 Å². The molecule has 1 fully saturated rings. The fourth-order valence-electron chi connectivity index (χ4n) is 3.41. The third-order valence-electron chi connectivity index (χ3n) is 4.83. The Morgan fingerprint density at radius 3 is 2.91 bits per heavy atom. The van der Waals surface area contributed by atoms with E-state index in [1.165, 1.54) is 17.1 Å². The van der Waals surface area contributed by atoms with Crippen molar-refractivity contribution in [3.63, 3.8) is 0 Å². The van der Waals surface area contributed by atoms with Crippen molar-refractivity contribution in [1.29, 1.82) is 0 Å². The molecule has 2 atom stereocenters. The van der Waals surface area contributed by atoms with E-state index in [0.717, 1.165) is 38.8 Å². The second kappa shape index (κ2) is 6.95. The summed E-state index contributed by atoms with van der Waals surface area (Å²) in [5, 5.41) is 3.41. The number of piperidine rings is 1. The largest absolute Gasteiger partial charge is 0.342 e. The molecule has 2 heterocycles. The lowest BCUT2D eigenvalue weighted by Crippen LogP contribution is -2.42. The molecule has 4 heteroatoms. The Morgan fingerprint density at radius 2 is 2.23 bits per heavy atom. The molecule has 1 aromatic heterocycles. The van der Waals surface area contributed by atoms with Gasteiger partial charge in [0.15, 0.2) is 0 Å². The second-order valence-electron chi connectivity index (χ2n) is 6.87. The highest BCUT2D eigenvalue weighted by Crippen LogP contribution is 2.32. The van der Waals surface area contributed by atoms with Gasteiger partial charge in [0, 0.05) is 30.3 Å². The van der Waals surface area contributed by atoms with Crippen LogP contribution in [0, 0.1) is 5.92 Å². The summed E-state index contributed by atoms with van der Waals surface area (Å²) in [6.07, 6.45) is 9.64. The van der Waals surface area contributed by atoms with E-state index in [9.17, 15) is 4.79 Å². The van der Waals surface area contributed by atoms with Crippen molar-refractivity contribution in [2.45, 2.75) is 57.8 Å². The van der Waals surface area contributed by atoms with Crippen LogP contribution in [-0.4, -0.2) is 28.9 Å². The molecule has 1 aliphatic carbocycles. The van der Waals surface area contributed by atoms with Crippen LogP contribution in [0.2, 0.25) is 0 Å². The predicted molar refractivity (Wildman–Crippen MR) is 91.2 cm³/mol. The molecule has 0 aromatic carbocycles. The molecule has 3 rings (SSSR count). The van der Waals surface area contributed by atoms with E-state index in [1.54, 1.807) is 11.3 Å². The third-order valence-corrected chi connectivity index (χ3v) is 5.86. The van der Waals surface area contributed by atoms with Gasteiger partial charge in [0.05, 0.1) is 10.7 Å². The van der Waals surface area contributed by atoms with E-state index in [0.29, 0.717) is 17.7 Å². The summed E-state index contributed by atoms with van der Waals surface area (Å²) in [4.78, 5) is 19.6. The van der Waals surface area contributed by atoms with Gasteiger partial charge in [-0.1, -0.05) is 26.0 Å². The highest BCUT2D eigenvalue weighted by Gasteiger charge is 2.30. The van der Waals surface area contributed by atoms with Crippen LogP contribution in [0.4, 0.5) is 0 Å². The number of hydrogen-bond acceptors (Lipinski definition) is 3. The number of aromatic nitrogens is 1. The minimum atomic E-state index is 0.214. The maximum absolute atomic E-state index is 12.7. The zero-order chi connectivity index (χ0) is 15.5. The first-order valence-electron chi connectivity index (χ1n) is 8.54. The lowest BCUT2D eigenvalue weighted by atomic mass is 9.91. The molecule has 120 valence electrons. The summed E-state index contributed by atoms with van der Waals surface area (Å²) >= 11 is 1.77. The number of amides is 1. The van der Waals surface area contributed by atoms with Crippen LogP contribution < -0.4 is 0 Å². The topological polar surface area (TPSA) is 33.2 Å². The molecule has 0 bridgehead atoms. The minimum Gasteiger partial charge on any atom is -0.342 e. The molecule has 2 unspecified atom stereocenters. The highest BCUT2D eigenvalue weighted by molar-refractivity contribution is 7.09. The highest BCUT2D eigenvalue weighted by atomic mass is 32.1. The number of carbonyl (C=O) groups is 1. The summed E-state index contributed by atoms with van der Waals surface area (Å²) in [6.45, 7) is 6.17. The van der Waals surface area contributed by atoms with E-state index in [2.05, 4.69) is 36.3 Å². The summed E-state index contributed by atoms with van der Waals surface area (Å²) in [5.41, 5.74) is 1.20. The number of likely N-dealkylation sites (tertiary alicyclic amines) is 1. The van der Waals surface area contributed by atoms with Crippen LogP contribution >= 0.6 is 11.3 Å². The SMILES string of the molecule is CC(C)c1csc(C2CCCN(C(=O)C3CC=CCC3)C2)n1. The molecule has 0 radical (unpaired) electrons. The molecule has 2 aliphatic rings. The number of allylic oxidation sites excluding steroid dienone is 2. The van der Waals surface area contributed by atoms with E-state index in [-0.39, 0.29) is 5.92 Å². The van der Waals surface area contributed by atoms with Gasteiger partial charge in [-0.15, -0.1) is 11.3 Å². The van der Waals surface area contributed by atoms with Crippen LogP contribution in [-0.2, 0) is 4.79 Å². The van der Waals surface area contributed by atoms with Crippen LogP contribution in [0.5, 0.6) is 0 Å². The number of nitrogens with zero attached hydrogens (tertiary/aromatic N) is 2. The first-order chi connectivity index (χ1) is 10.6. The molecule has 1 aromatic rings.